The van der Waals surface area contributed by atoms with E-state index in [1.54, 1.807) is 24.3 Å². The molecular weight excluding hydrogens is 360 g/mol. The highest BCUT2D eigenvalue weighted by Crippen LogP contribution is 2.28. The van der Waals surface area contributed by atoms with Crippen LogP contribution in [0.4, 0.5) is 5.69 Å². The van der Waals surface area contributed by atoms with E-state index in [1.165, 1.54) is 0 Å². The fourth-order valence-electron chi connectivity index (χ4n) is 3.29. The van der Waals surface area contributed by atoms with E-state index in [9.17, 15) is 9.90 Å². The Labute approximate surface area is 164 Å². The van der Waals surface area contributed by atoms with Gasteiger partial charge in [0.1, 0.15) is 5.60 Å². The first kappa shape index (κ1) is 19.3. The zero-order valence-corrected chi connectivity index (χ0v) is 16.0. The molecule has 1 aliphatic carbocycles. The third-order valence-corrected chi connectivity index (χ3v) is 5.10. The SMILES string of the molecule is Cc1ccc(C(=O)N[C@H]2CCC[C@@](O)(C#Cc3cccc(Cl)c3)C2)cc1N. The van der Waals surface area contributed by atoms with Crippen LogP contribution < -0.4 is 11.1 Å². The average molecular weight is 383 g/mol. The molecule has 27 heavy (non-hydrogen) atoms. The number of aliphatic hydroxyl groups is 1. The summed E-state index contributed by atoms with van der Waals surface area (Å²) in [5.74, 6) is 5.80. The molecule has 0 bridgehead atoms. The van der Waals surface area contributed by atoms with Crippen molar-refractivity contribution in [3.63, 3.8) is 0 Å². The van der Waals surface area contributed by atoms with Gasteiger partial charge in [-0.1, -0.05) is 35.6 Å². The lowest BCUT2D eigenvalue weighted by molar-refractivity contribution is 0.0452. The first-order valence-electron chi connectivity index (χ1n) is 9.03. The highest BCUT2D eigenvalue weighted by atomic mass is 35.5. The Balaban J connectivity index is 1.68. The van der Waals surface area contributed by atoms with Crippen LogP contribution in [0, 0.1) is 18.8 Å². The fraction of sp³-hybridized carbons (Fsp3) is 0.318. The number of nitrogen functional groups attached to an aromatic ring is 1. The lowest BCUT2D eigenvalue weighted by Gasteiger charge is -2.33. The number of benzene rings is 2. The van der Waals surface area contributed by atoms with Crippen LogP contribution in [0.1, 0.15) is 47.2 Å². The minimum absolute atomic E-state index is 0.132. The van der Waals surface area contributed by atoms with Crippen molar-refractivity contribution >= 4 is 23.2 Å². The van der Waals surface area contributed by atoms with E-state index < -0.39 is 5.60 Å². The zero-order chi connectivity index (χ0) is 19.4. The lowest BCUT2D eigenvalue weighted by atomic mass is 9.82. The van der Waals surface area contributed by atoms with E-state index in [0.29, 0.717) is 29.1 Å². The molecule has 3 rings (SSSR count). The van der Waals surface area contributed by atoms with E-state index in [2.05, 4.69) is 17.2 Å². The van der Waals surface area contributed by atoms with Gasteiger partial charge in [-0.15, -0.1) is 0 Å². The summed E-state index contributed by atoms with van der Waals surface area (Å²) in [4.78, 5) is 12.5. The second-order valence-corrected chi connectivity index (χ2v) is 7.57. The van der Waals surface area contributed by atoms with Gasteiger partial charge in [-0.2, -0.15) is 0 Å². The van der Waals surface area contributed by atoms with Crippen LogP contribution in [-0.2, 0) is 0 Å². The molecule has 0 aromatic heterocycles. The van der Waals surface area contributed by atoms with E-state index in [1.807, 2.05) is 25.1 Å². The summed E-state index contributed by atoms with van der Waals surface area (Å²) in [7, 11) is 0. The van der Waals surface area contributed by atoms with Gasteiger partial charge in [-0.3, -0.25) is 4.79 Å². The Morgan fingerprint density at radius 2 is 2.15 bits per heavy atom. The molecule has 0 unspecified atom stereocenters. The molecule has 1 aliphatic rings. The fourth-order valence-corrected chi connectivity index (χ4v) is 3.48. The third kappa shape index (κ3) is 5.03. The largest absolute Gasteiger partial charge is 0.398 e. The molecule has 2 atom stereocenters. The normalized spacial score (nSPS) is 21.8. The predicted octanol–water partition coefficient (Wildman–Crippen LogP) is 3.69. The number of halogens is 1. The minimum Gasteiger partial charge on any atom is -0.398 e. The number of nitrogens with one attached hydrogen (secondary N) is 1. The Morgan fingerprint density at radius 3 is 2.89 bits per heavy atom. The molecule has 0 heterocycles. The summed E-state index contributed by atoms with van der Waals surface area (Å²) in [6.07, 6.45) is 2.59. The quantitative estimate of drug-likeness (QED) is 0.547. The molecule has 140 valence electrons. The van der Waals surface area contributed by atoms with Gasteiger partial charge in [0.05, 0.1) is 0 Å². The standard InChI is InChI=1S/C22H23ClN2O2/c1-15-7-8-17(13-20(15)24)21(26)25-19-6-3-10-22(27,14-19)11-9-16-4-2-5-18(23)12-16/h2,4-5,7-8,12-13,19,27H,3,6,10,14,24H2,1H3,(H,25,26)/t19-,22+/m0/s1. The van der Waals surface area contributed by atoms with Crippen molar-refractivity contribution in [2.24, 2.45) is 0 Å². The monoisotopic (exact) mass is 382 g/mol. The van der Waals surface area contributed by atoms with Crippen LogP contribution in [-0.4, -0.2) is 22.7 Å². The molecule has 4 nitrogen and oxygen atoms in total. The van der Waals surface area contributed by atoms with E-state index in [4.69, 9.17) is 17.3 Å². The van der Waals surface area contributed by atoms with Gasteiger partial charge in [0.25, 0.3) is 5.91 Å². The molecule has 1 saturated carbocycles. The number of carbonyl (C=O) groups excluding carboxylic acids is 1. The van der Waals surface area contributed by atoms with Crippen LogP contribution in [0.2, 0.25) is 5.02 Å². The van der Waals surface area contributed by atoms with E-state index in [-0.39, 0.29) is 11.9 Å². The summed E-state index contributed by atoms with van der Waals surface area (Å²) in [6.45, 7) is 1.90. The molecule has 0 radical (unpaired) electrons. The molecule has 1 amide bonds. The van der Waals surface area contributed by atoms with Crippen LogP contribution in [0.5, 0.6) is 0 Å². The Kier molecular flexibility index (Phi) is 5.74. The predicted molar refractivity (Wildman–Crippen MR) is 109 cm³/mol. The molecule has 2 aromatic rings. The highest BCUT2D eigenvalue weighted by molar-refractivity contribution is 6.30. The summed E-state index contributed by atoms with van der Waals surface area (Å²) in [6, 6.07) is 12.4. The molecule has 2 aromatic carbocycles. The van der Waals surface area contributed by atoms with Crippen molar-refractivity contribution in [3.8, 4) is 11.8 Å². The maximum Gasteiger partial charge on any atom is 0.251 e. The molecule has 1 fully saturated rings. The number of nitrogens with two attached hydrogens (primary N) is 1. The average Bonchev–Trinajstić information content (AvgIpc) is 2.62. The van der Waals surface area contributed by atoms with E-state index in [0.717, 1.165) is 24.0 Å². The minimum atomic E-state index is -1.12. The van der Waals surface area contributed by atoms with Gasteiger partial charge in [0.15, 0.2) is 0 Å². The molecular formula is C22H23ClN2O2. The smallest absolute Gasteiger partial charge is 0.251 e. The number of hydrogen-bond donors (Lipinski definition) is 3. The van der Waals surface area contributed by atoms with E-state index >= 15 is 0 Å². The Bertz CT molecular complexity index is 916. The number of carbonyl (C=O) groups is 1. The van der Waals surface area contributed by atoms with Crippen molar-refractivity contribution in [3.05, 3.63) is 64.2 Å². The second-order valence-electron chi connectivity index (χ2n) is 7.13. The van der Waals surface area contributed by atoms with Gasteiger partial charge in [-0.25, -0.2) is 0 Å². The van der Waals surface area contributed by atoms with Crippen molar-refractivity contribution in [1.82, 2.24) is 5.32 Å². The first-order chi connectivity index (χ1) is 12.8. The van der Waals surface area contributed by atoms with Crippen molar-refractivity contribution in [2.75, 3.05) is 5.73 Å². The van der Waals surface area contributed by atoms with Gasteiger partial charge in [0, 0.05) is 34.3 Å². The number of rotatable bonds is 2. The zero-order valence-electron chi connectivity index (χ0n) is 15.3. The number of amides is 1. The molecule has 5 heteroatoms. The van der Waals surface area contributed by atoms with Gasteiger partial charge in [0.2, 0.25) is 0 Å². The van der Waals surface area contributed by atoms with Crippen LogP contribution >= 0.6 is 11.6 Å². The number of aryl methyl sites for hydroxylation is 1. The third-order valence-electron chi connectivity index (χ3n) is 4.87. The van der Waals surface area contributed by atoms with Crippen molar-refractivity contribution < 1.29 is 9.90 Å². The number of anilines is 1. The Morgan fingerprint density at radius 1 is 1.33 bits per heavy atom. The number of hydrogen-bond acceptors (Lipinski definition) is 3. The highest BCUT2D eigenvalue weighted by Gasteiger charge is 2.33. The molecule has 0 saturated heterocycles. The van der Waals surface area contributed by atoms with Crippen molar-refractivity contribution in [1.29, 1.82) is 0 Å². The molecule has 0 aliphatic heterocycles. The maximum absolute atomic E-state index is 12.5. The van der Waals surface area contributed by atoms with Gasteiger partial charge >= 0.3 is 0 Å². The van der Waals surface area contributed by atoms with Crippen molar-refractivity contribution in [2.45, 2.75) is 44.2 Å². The lowest BCUT2D eigenvalue weighted by Crippen LogP contribution is -2.45. The van der Waals surface area contributed by atoms with Crippen LogP contribution in [0.25, 0.3) is 0 Å². The first-order valence-corrected chi connectivity index (χ1v) is 9.41. The summed E-state index contributed by atoms with van der Waals surface area (Å²) >= 11 is 5.97. The van der Waals surface area contributed by atoms with Crippen LogP contribution in [0.3, 0.4) is 0 Å². The molecule has 4 N–H and O–H groups in total. The van der Waals surface area contributed by atoms with Gasteiger partial charge in [-0.05, 0) is 62.1 Å². The van der Waals surface area contributed by atoms with Crippen LogP contribution in [0.15, 0.2) is 42.5 Å². The summed E-state index contributed by atoms with van der Waals surface area (Å²) in [5, 5.41) is 14.5. The maximum atomic E-state index is 12.5. The molecule has 0 spiro atoms. The van der Waals surface area contributed by atoms with Gasteiger partial charge < -0.3 is 16.2 Å². The summed E-state index contributed by atoms with van der Waals surface area (Å²) < 4.78 is 0. The topological polar surface area (TPSA) is 75.3 Å². The Hall–Kier alpha value is -2.48. The second kappa shape index (κ2) is 8.04. The summed E-state index contributed by atoms with van der Waals surface area (Å²) in [5.41, 5.74) is 7.59.